The number of hydrogen-bond donors (Lipinski definition) is 0. The molecule has 1 heterocycles. The predicted octanol–water partition coefficient (Wildman–Crippen LogP) is 3.37. The van der Waals surface area contributed by atoms with Gasteiger partial charge < -0.3 is 0 Å². The molecule has 0 atom stereocenters. The molecule has 0 saturated carbocycles. The Morgan fingerprint density at radius 3 is 2.69 bits per heavy atom. The molecular weight excluding hydrogens is 182 g/mol. The third kappa shape index (κ3) is 1.20. The van der Waals surface area contributed by atoms with Gasteiger partial charge >= 0.3 is 0 Å². The Kier molecular flexibility index (Phi) is 1.77. The molecule has 0 aliphatic heterocycles. The van der Waals surface area contributed by atoms with Gasteiger partial charge in [0.2, 0.25) is 0 Å². The minimum atomic E-state index is 0.123. The summed E-state index contributed by atoms with van der Waals surface area (Å²) in [5.41, 5.74) is 2.46. The fourth-order valence-electron chi connectivity index (χ4n) is 1.47. The van der Waals surface area contributed by atoms with Crippen molar-refractivity contribution in [1.82, 2.24) is 4.98 Å². The van der Waals surface area contributed by atoms with Gasteiger partial charge in [0.1, 0.15) is 0 Å². The van der Waals surface area contributed by atoms with Crippen LogP contribution in [0.25, 0.3) is 10.2 Å². The van der Waals surface area contributed by atoms with Crippen molar-refractivity contribution < 1.29 is 5.11 Å². The van der Waals surface area contributed by atoms with E-state index in [1.54, 1.807) is 11.3 Å². The van der Waals surface area contributed by atoms with E-state index in [2.05, 4.69) is 4.98 Å². The first-order valence-corrected chi connectivity index (χ1v) is 4.95. The van der Waals surface area contributed by atoms with Crippen molar-refractivity contribution in [3.63, 3.8) is 0 Å². The zero-order valence-electron chi connectivity index (χ0n) is 7.84. The van der Waals surface area contributed by atoms with Crippen LogP contribution in [0, 0.1) is 20.8 Å². The molecule has 3 heteroatoms. The summed E-state index contributed by atoms with van der Waals surface area (Å²) < 4.78 is 1.12. The molecule has 0 spiro atoms. The number of hydrogen-bond acceptors (Lipinski definition) is 2. The number of nitrogens with zero attached hydrogens (tertiary/aromatic N) is 1. The lowest BCUT2D eigenvalue weighted by Crippen LogP contribution is -1.81. The highest BCUT2D eigenvalue weighted by molar-refractivity contribution is 7.18. The van der Waals surface area contributed by atoms with Crippen LogP contribution in [0.2, 0.25) is 0 Å². The highest BCUT2D eigenvalue weighted by Gasteiger charge is 2.11. The zero-order chi connectivity index (χ0) is 9.59. The molecule has 0 amide bonds. The van der Waals surface area contributed by atoms with Gasteiger partial charge in [-0.1, -0.05) is 0 Å². The second-order valence-corrected chi connectivity index (χ2v) is 4.46. The summed E-state index contributed by atoms with van der Waals surface area (Å²) in [5, 5.41) is 12.6. The predicted molar refractivity (Wildman–Crippen MR) is 54.0 cm³/mol. The minimum absolute atomic E-state index is 0.123. The molecule has 1 radical (unpaired) electrons. The Morgan fingerprint density at radius 2 is 2.00 bits per heavy atom. The Labute approximate surface area is 80.9 Å². The number of benzene rings is 1. The van der Waals surface area contributed by atoms with E-state index in [1.807, 2.05) is 26.8 Å². The molecule has 2 nitrogen and oxygen atoms in total. The highest BCUT2D eigenvalue weighted by atomic mass is 32.1. The van der Waals surface area contributed by atoms with E-state index in [1.165, 1.54) is 0 Å². The average Bonchev–Trinajstić information content (AvgIpc) is 2.42. The molecular formula is C10H10NOS. The van der Waals surface area contributed by atoms with Crippen molar-refractivity contribution in [1.29, 1.82) is 0 Å². The molecule has 2 aromatic rings. The van der Waals surface area contributed by atoms with Crippen LogP contribution in [0.3, 0.4) is 0 Å². The van der Waals surface area contributed by atoms with Gasteiger partial charge in [-0.2, -0.15) is 0 Å². The molecule has 0 aliphatic carbocycles. The van der Waals surface area contributed by atoms with Crippen molar-refractivity contribution in [2.75, 3.05) is 0 Å². The molecule has 0 fully saturated rings. The summed E-state index contributed by atoms with van der Waals surface area (Å²) in [4.78, 5) is 4.33. The Morgan fingerprint density at radius 1 is 1.31 bits per heavy atom. The summed E-state index contributed by atoms with van der Waals surface area (Å²) in [6.07, 6.45) is 0. The van der Waals surface area contributed by atoms with Crippen molar-refractivity contribution >= 4 is 21.6 Å². The molecule has 1 aromatic heterocycles. The van der Waals surface area contributed by atoms with Crippen molar-refractivity contribution in [3.05, 3.63) is 22.2 Å². The maximum Gasteiger partial charge on any atom is 0.186 e. The summed E-state index contributed by atoms with van der Waals surface area (Å²) in [7, 11) is 0. The van der Waals surface area contributed by atoms with Crippen LogP contribution < -0.4 is 0 Å². The van der Waals surface area contributed by atoms with Crippen LogP contribution in [0.1, 0.15) is 16.1 Å². The van der Waals surface area contributed by atoms with Crippen LogP contribution in [0.4, 0.5) is 0 Å². The molecule has 0 N–H and O–H groups in total. The third-order valence-electron chi connectivity index (χ3n) is 2.16. The van der Waals surface area contributed by atoms with Gasteiger partial charge in [-0.15, -0.1) is 11.3 Å². The van der Waals surface area contributed by atoms with Crippen LogP contribution in [0.5, 0.6) is 5.75 Å². The maximum atomic E-state index is 11.6. The topological polar surface area (TPSA) is 32.8 Å². The average molecular weight is 192 g/mol. The molecule has 0 unspecified atom stereocenters. The van der Waals surface area contributed by atoms with Gasteiger partial charge in [-0.3, -0.25) is 5.11 Å². The van der Waals surface area contributed by atoms with Crippen LogP contribution in [0.15, 0.2) is 6.07 Å². The summed E-state index contributed by atoms with van der Waals surface area (Å²) >= 11 is 1.64. The van der Waals surface area contributed by atoms with Gasteiger partial charge in [-0.25, -0.2) is 4.98 Å². The largest absolute Gasteiger partial charge is 0.289 e. The number of aromatic nitrogens is 1. The van der Waals surface area contributed by atoms with E-state index < -0.39 is 0 Å². The molecule has 67 valence electrons. The third-order valence-corrected chi connectivity index (χ3v) is 3.08. The minimum Gasteiger partial charge on any atom is -0.289 e. The number of aryl methyl sites for hydroxylation is 3. The highest BCUT2D eigenvalue weighted by Crippen LogP contribution is 2.32. The molecule has 0 bridgehead atoms. The van der Waals surface area contributed by atoms with Crippen LogP contribution in [-0.2, 0) is 5.11 Å². The number of rotatable bonds is 0. The van der Waals surface area contributed by atoms with E-state index in [0.717, 1.165) is 26.4 Å². The summed E-state index contributed by atoms with van der Waals surface area (Å²) in [6.45, 7) is 5.66. The summed E-state index contributed by atoms with van der Waals surface area (Å²) in [6, 6.07) is 1.93. The first-order valence-electron chi connectivity index (χ1n) is 4.14. The van der Waals surface area contributed by atoms with Crippen LogP contribution in [-0.4, -0.2) is 4.98 Å². The van der Waals surface area contributed by atoms with Gasteiger partial charge in [0.15, 0.2) is 5.75 Å². The standard InChI is InChI=1S/C10H10NOS/c1-5-4-8-9(6(2)10(5)12)11-7(3)13-8/h4H,1-3H3. The second-order valence-electron chi connectivity index (χ2n) is 3.23. The Hall–Kier alpha value is -1.09. The lowest BCUT2D eigenvalue weighted by atomic mass is 10.1. The number of thiazole rings is 1. The molecule has 13 heavy (non-hydrogen) atoms. The van der Waals surface area contributed by atoms with E-state index in [0.29, 0.717) is 0 Å². The molecule has 0 saturated heterocycles. The Bertz CT molecular complexity index is 473. The lowest BCUT2D eigenvalue weighted by Gasteiger charge is -1.99. The summed E-state index contributed by atoms with van der Waals surface area (Å²) in [5.74, 6) is 0.123. The molecule has 1 aromatic carbocycles. The first-order chi connectivity index (χ1) is 6.09. The van der Waals surface area contributed by atoms with E-state index in [4.69, 9.17) is 0 Å². The smallest absolute Gasteiger partial charge is 0.186 e. The van der Waals surface area contributed by atoms with Gasteiger partial charge in [0.25, 0.3) is 0 Å². The SMILES string of the molecule is Cc1nc2c(C)c([O])c(C)cc2s1. The van der Waals surface area contributed by atoms with Gasteiger partial charge in [-0.05, 0) is 32.4 Å². The van der Waals surface area contributed by atoms with E-state index in [-0.39, 0.29) is 5.75 Å². The normalized spacial score (nSPS) is 11.0. The number of fused-ring (bicyclic) bond motifs is 1. The quantitative estimate of drug-likeness (QED) is 0.630. The van der Waals surface area contributed by atoms with Crippen LogP contribution >= 0.6 is 11.3 Å². The lowest BCUT2D eigenvalue weighted by molar-refractivity contribution is 0.349. The fraction of sp³-hybridized carbons (Fsp3) is 0.300. The monoisotopic (exact) mass is 192 g/mol. The van der Waals surface area contributed by atoms with E-state index >= 15 is 0 Å². The van der Waals surface area contributed by atoms with Gasteiger partial charge in [0, 0.05) is 5.56 Å². The van der Waals surface area contributed by atoms with Crippen molar-refractivity contribution in [2.24, 2.45) is 0 Å². The first kappa shape index (κ1) is 8.51. The second kappa shape index (κ2) is 2.70. The van der Waals surface area contributed by atoms with E-state index in [9.17, 15) is 5.11 Å². The fourth-order valence-corrected chi connectivity index (χ4v) is 2.46. The maximum absolute atomic E-state index is 11.6. The van der Waals surface area contributed by atoms with Crippen molar-refractivity contribution in [2.45, 2.75) is 20.8 Å². The van der Waals surface area contributed by atoms with Gasteiger partial charge in [0.05, 0.1) is 15.2 Å². The Balaban J connectivity index is 2.92. The molecule has 0 aliphatic rings. The molecule has 2 rings (SSSR count). The van der Waals surface area contributed by atoms with Crippen molar-refractivity contribution in [3.8, 4) is 5.75 Å². The zero-order valence-corrected chi connectivity index (χ0v) is 8.66.